The molecule has 130 valence electrons. The molecule has 0 heterocycles. The lowest BCUT2D eigenvalue weighted by molar-refractivity contribution is -0.00385. The van der Waals surface area contributed by atoms with Crippen LogP contribution in [0.5, 0.6) is 0 Å². The third-order valence-electron chi connectivity index (χ3n) is 2.64. The maximum absolute atomic E-state index is 13.6. The predicted molar refractivity (Wildman–Crippen MR) is 77.2 cm³/mol. The number of carbonyl (C=O) groups excluding carboxylic acids is 1. The van der Waals surface area contributed by atoms with E-state index in [2.05, 4.69) is 5.32 Å². The van der Waals surface area contributed by atoms with Crippen molar-refractivity contribution in [1.29, 1.82) is 0 Å². The van der Waals surface area contributed by atoms with Gasteiger partial charge in [-0.15, -0.1) is 0 Å². The number of halogens is 4. The van der Waals surface area contributed by atoms with Gasteiger partial charge >= 0.3 is 6.09 Å². The number of carbonyl (C=O) groups is 1. The molecule has 1 aromatic rings. The summed E-state index contributed by atoms with van der Waals surface area (Å²) in [5.74, 6) is -4.92. The molecular weight excluding hydrogens is 316 g/mol. The van der Waals surface area contributed by atoms with Gasteiger partial charge in [0.2, 0.25) is 0 Å². The lowest BCUT2D eigenvalue weighted by Gasteiger charge is -2.22. The second-order valence-electron chi connectivity index (χ2n) is 6.02. The largest absolute Gasteiger partial charge is 0.444 e. The molecule has 0 atom stereocenters. The highest BCUT2D eigenvalue weighted by Gasteiger charge is 2.30. The standard InChI is InChI=1S/C15H20F4N2O2/c1-14(2,3)23-13(22)21-9-15(18,19)8-20-7-10-11(16)5-4-6-12(10)17/h4-6,20H,7-9H2,1-3H3,(H,21,22). The Hall–Kier alpha value is -1.83. The first kappa shape index (κ1) is 19.2. The van der Waals surface area contributed by atoms with Crippen molar-refractivity contribution in [2.75, 3.05) is 13.1 Å². The monoisotopic (exact) mass is 336 g/mol. The molecule has 0 saturated heterocycles. The van der Waals surface area contributed by atoms with Crippen molar-refractivity contribution in [1.82, 2.24) is 10.6 Å². The summed E-state index contributed by atoms with van der Waals surface area (Å²) in [6.07, 6.45) is -0.961. The Morgan fingerprint density at radius 2 is 1.70 bits per heavy atom. The van der Waals surface area contributed by atoms with E-state index in [4.69, 9.17) is 4.74 Å². The zero-order valence-corrected chi connectivity index (χ0v) is 13.2. The first-order valence-corrected chi connectivity index (χ1v) is 6.98. The number of rotatable bonds is 6. The topological polar surface area (TPSA) is 50.4 Å². The molecule has 0 bridgehead atoms. The number of amides is 1. The minimum Gasteiger partial charge on any atom is -0.444 e. The molecule has 0 saturated carbocycles. The van der Waals surface area contributed by atoms with Gasteiger partial charge in [-0.05, 0) is 32.9 Å². The minimum absolute atomic E-state index is 0.316. The van der Waals surface area contributed by atoms with E-state index in [1.165, 1.54) is 6.07 Å². The number of benzene rings is 1. The zero-order valence-electron chi connectivity index (χ0n) is 13.2. The van der Waals surface area contributed by atoms with Crippen LogP contribution in [0.1, 0.15) is 26.3 Å². The van der Waals surface area contributed by atoms with Crippen molar-refractivity contribution in [3.8, 4) is 0 Å². The molecule has 0 aliphatic rings. The van der Waals surface area contributed by atoms with Gasteiger partial charge in [0.25, 0.3) is 5.92 Å². The van der Waals surface area contributed by atoms with Crippen molar-refractivity contribution < 1.29 is 27.1 Å². The third kappa shape index (κ3) is 7.32. The number of hydrogen-bond acceptors (Lipinski definition) is 3. The van der Waals surface area contributed by atoms with E-state index in [0.29, 0.717) is 0 Å². The first-order valence-electron chi connectivity index (χ1n) is 6.98. The Morgan fingerprint density at radius 3 is 2.22 bits per heavy atom. The number of hydrogen-bond donors (Lipinski definition) is 2. The molecule has 0 aliphatic carbocycles. The summed E-state index contributed by atoms with van der Waals surface area (Å²) in [5, 5.41) is 4.23. The molecule has 0 aromatic heterocycles. The molecule has 0 fully saturated rings. The number of alkyl carbamates (subject to hydrolysis) is 1. The lowest BCUT2D eigenvalue weighted by atomic mass is 10.2. The summed E-state index contributed by atoms with van der Waals surface area (Å²) < 4.78 is 58.7. The SMILES string of the molecule is CC(C)(C)OC(=O)NCC(F)(F)CNCc1c(F)cccc1F. The Morgan fingerprint density at radius 1 is 1.13 bits per heavy atom. The van der Waals surface area contributed by atoms with Crippen molar-refractivity contribution in [2.45, 2.75) is 38.8 Å². The van der Waals surface area contributed by atoms with Crippen LogP contribution in [0.4, 0.5) is 22.4 Å². The van der Waals surface area contributed by atoms with Crippen molar-refractivity contribution >= 4 is 6.09 Å². The molecule has 4 nitrogen and oxygen atoms in total. The highest BCUT2D eigenvalue weighted by Crippen LogP contribution is 2.14. The Balaban J connectivity index is 2.42. The van der Waals surface area contributed by atoms with Crippen LogP contribution in [0.25, 0.3) is 0 Å². The molecule has 0 aliphatic heterocycles. The summed E-state index contributed by atoms with van der Waals surface area (Å²) in [6.45, 7) is 2.63. The molecule has 1 amide bonds. The van der Waals surface area contributed by atoms with Crippen LogP contribution in [0.15, 0.2) is 18.2 Å². The molecule has 1 aromatic carbocycles. The highest BCUT2D eigenvalue weighted by molar-refractivity contribution is 5.67. The van der Waals surface area contributed by atoms with Crippen molar-refractivity contribution in [2.24, 2.45) is 0 Å². The Kier molecular flexibility index (Phi) is 6.37. The van der Waals surface area contributed by atoms with E-state index in [9.17, 15) is 22.4 Å². The van der Waals surface area contributed by atoms with Crippen LogP contribution in [0.3, 0.4) is 0 Å². The van der Waals surface area contributed by atoms with E-state index in [1.807, 2.05) is 5.32 Å². The average molecular weight is 336 g/mol. The van der Waals surface area contributed by atoms with Crippen LogP contribution >= 0.6 is 0 Å². The van der Waals surface area contributed by atoms with Gasteiger partial charge in [0, 0.05) is 12.1 Å². The summed E-state index contributed by atoms with van der Waals surface area (Å²) in [4.78, 5) is 11.3. The van der Waals surface area contributed by atoms with Crippen molar-refractivity contribution in [3.05, 3.63) is 35.4 Å². The van der Waals surface area contributed by atoms with E-state index in [1.54, 1.807) is 20.8 Å². The molecule has 0 spiro atoms. The summed E-state index contributed by atoms with van der Waals surface area (Å²) in [6, 6.07) is 3.28. The molecule has 8 heteroatoms. The number of nitrogens with one attached hydrogen (secondary N) is 2. The maximum Gasteiger partial charge on any atom is 0.407 e. The van der Waals surface area contributed by atoms with Crippen molar-refractivity contribution in [3.63, 3.8) is 0 Å². The van der Waals surface area contributed by atoms with E-state index < -0.39 is 42.3 Å². The van der Waals surface area contributed by atoms with Crippen LogP contribution in [-0.4, -0.2) is 30.7 Å². The fourth-order valence-electron chi connectivity index (χ4n) is 1.65. The van der Waals surface area contributed by atoms with Gasteiger partial charge in [-0.1, -0.05) is 6.07 Å². The lowest BCUT2D eigenvalue weighted by Crippen LogP contribution is -2.44. The normalized spacial score (nSPS) is 12.1. The van der Waals surface area contributed by atoms with E-state index in [-0.39, 0.29) is 12.1 Å². The van der Waals surface area contributed by atoms with Gasteiger partial charge in [-0.2, -0.15) is 0 Å². The molecule has 1 rings (SSSR count). The minimum atomic E-state index is -3.29. The quantitative estimate of drug-likeness (QED) is 0.785. The van der Waals surface area contributed by atoms with Gasteiger partial charge in [0.15, 0.2) is 0 Å². The van der Waals surface area contributed by atoms with Crippen LogP contribution in [0.2, 0.25) is 0 Å². The second-order valence-corrected chi connectivity index (χ2v) is 6.02. The van der Waals surface area contributed by atoms with Crippen LogP contribution in [-0.2, 0) is 11.3 Å². The maximum atomic E-state index is 13.6. The van der Waals surface area contributed by atoms with Gasteiger partial charge in [0.1, 0.15) is 17.2 Å². The average Bonchev–Trinajstić information content (AvgIpc) is 2.38. The number of ether oxygens (including phenoxy) is 1. The highest BCUT2D eigenvalue weighted by atomic mass is 19.3. The van der Waals surface area contributed by atoms with Crippen LogP contribution in [0, 0.1) is 11.6 Å². The fraction of sp³-hybridized carbons (Fsp3) is 0.533. The molecule has 0 unspecified atom stereocenters. The zero-order chi connectivity index (χ0) is 17.7. The van der Waals surface area contributed by atoms with E-state index in [0.717, 1.165) is 12.1 Å². The third-order valence-corrected chi connectivity index (χ3v) is 2.64. The summed E-state index contributed by atoms with van der Waals surface area (Å²) >= 11 is 0. The Labute approximate surface area is 132 Å². The molecule has 0 radical (unpaired) electrons. The van der Waals surface area contributed by atoms with Gasteiger partial charge < -0.3 is 15.4 Å². The first-order chi connectivity index (χ1) is 10.5. The van der Waals surface area contributed by atoms with Gasteiger partial charge in [-0.3, -0.25) is 0 Å². The molecule has 2 N–H and O–H groups in total. The molecular formula is C15H20F4N2O2. The second kappa shape index (κ2) is 7.63. The number of alkyl halides is 2. The van der Waals surface area contributed by atoms with Gasteiger partial charge in [0.05, 0.1) is 13.1 Å². The predicted octanol–water partition coefficient (Wildman–Crippen LogP) is 3.21. The molecule has 23 heavy (non-hydrogen) atoms. The van der Waals surface area contributed by atoms with E-state index >= 15 is 0 Å². The summed E-state index contributed by atoms with van der Waals surface area (Å²) in [7, 11) is 0. The summed E-state index contributed by atoms with van der Waals surface area (Å²) in [5.41, 5.74) is -1.11. The fourth-order valence-corrected chi connectivity index (χ4v) is 1.65. The van der Waals surface area contributed by atoms with Crippen LogP contribution < -0.4 is 10.6 Å². The smallest absolute Gasteiger partial charge is 0.407 e. The Bertz CT molecular complexity index is 525. The van der Waals surface area contributed by atoms with Gasteiger partial charge in [-0.25, -0.2) is 22.4 Å².